The molecule has 0 spiro atoms. The van der Waals surface area contributed by atoms with Gasteiger partial charge in [0.1, 0.15) is 0 Å². The van der Waals surface area contributed by atoms with Crippen molar-refractivity contribution in [2.75, 3.05) is 11.6 Å². The van der Waals surface area contributed by atoms with Crippen molar-refractivity contribution in [1.82, 2.24) is 9.78 Å². The second kappa shape index (κ2) is 7.33. The fraction of sp³-hybridized carbons (Fsp3) is 0.222. The fourth-order valence-electron chi connectivity index (χ4n) is 2.54. The number of thioether (sulfide) groups is 1. The Kier molecular flexibility index (Phi) is 4.98. The molecule has 3 rings (SSSR count). The van der Waals surface area contributed by atoms with Gasteiger partial charge in [-0.25, -0.2) is 0 Å². The first kappa shape index (κ1) is 15.6. The van der Waals surface area contributed by atoms with Crippen molar-refractivity contribution in [3.8, 4) is 0 Å². The number of aromatic nitrogens is 2. The van der Waals surface area contributed by atoms with Crippen molar-refractivity contribution in [3.63, 3.8) is 0 Å². The van der Waals surface area contributed by atoms with Gasteiger partial charge < -0.3 is 5.32 Å². The maximum Gasteiger partial charge on any atom is 0.226 e. The van der Waals surface area contributed by atoms with E-state index >= 15 is 0 Å². The molecule has 3 aromatic rings. The molecule has 0 aliphatic rings. The molecular weight excluding hydrogens is 306 g/mol. The highest BCUT2D eigenvalue weighted by atomic mass is 32.2. The number of benzene rings is 2. The van der Waals surface area contributed by atoms with Crippen LogP contribution in [0, 0.1) is 0 Å². The SMILES string of the molecule is CSCc1cccc(NC(=O)CCn2ncc3ccccc32)c1. The summed E-state index contributed by atoms with van der Waals surface area (Å²) in [7, 11) is 0. The summed E-state index contributed by atoms with van der Waals surface area (Å²) in [5, 5.41) is 8.40. The Morgan fingerprint density at radius 3 is 2.96 bits per heavy atom. The molecule has 4 nitrogen and oxygen atoms in total. The highest BCUT2D eigenvalue weighted by molar-refractivity contribution is 7.97. The summed E-state index contributed by atoms with van der Waals surface area (Å²) in [5.74, 6) is 0.953. The van der Waals surface area contributed by atoms with E-state index in [0.29, 0.717) is 13.0 Å². The highest BCUT2D eigenvalue weighted by Crippen LogP contribution is 2.16. The van der Waals surface area contributed by atoms with Crippen LogP contribution in [0.25, 0.3) is 10.9 Å². The van der Waals surface area contributed by atoms with Gasteiger partial charge in [-0.05, 0) is 30.0 Å². The standard InChI is InChI=1S/C18H19N3OS/c1-23-13-14-5-4-7-16(11-14)20-18(22)9-10-21-17-8-3-2-6-15(17)12-19-21/h2-8,11-12H,9-10,13H2,1H3,(H,20,22). The van der Waals surface area contributed by atoms with E-state index in [4.69, 9.17) is 0 Å². The van der Waals surface area contributed by atoms with Crippen molar-refractivity contribution in [2.45, 2.75) is 18.7 Å². The van der Waals surface area contributed by atoms with Crippen molar-refractivity contribution in [3.05, 3.63) is 60.3 Å². The third kappa shape index (κ3) is 3.93. The molecule has 0 saturated carbocycles. The number of amides is 1. The molecule has 118 valence electrons. The Balaban J connectivity index is 1.60. The van der Waals surface area contributed by atoms with Crippen LogP contribution in [0.4, 0.5) is 5.69 Å². The maximum atomic E-state index is 12.2. The van der Waals surface area contributed by atoms with Gasteiger partial charge in [0.25, 0.3) is 0 Å². The summed E-state index contributed by atoms with van der Waals surface area (Å²) >= 11 is 1.77. The molecule has 5 heteroatoms. The van der Waals surface area contributed by atoms with E-state index in [1.54, 1.807) is 11.8 Å². The first-order valence-corrected chi connectivity index (χ1v) is 8.94. The maximum absolute atomic E-state index is 12.2. The number of nitrogens with one attached hydrogen (secondary N) is 1. The number of hydrogen-bond donors (Lipinski definition) is 1. The molecule has 0 aliphatic heterocycles. The molecule has 0 aliphatic carbocycles. The predicted octanol–water partition coefficient (Wildman–Crippen LogP) is 3.93. The van der Waals surface area contributed by atoms with E-state index in [-0.39, 0.29) is 5.91 Å². The quantitative estimate of drug-likeness (QED) is 0.747. The van der Waals surface area contributed by atoms with E-state index in [1.165, 1.54) is 5.56 Å². The van der Waals surface area contributed by atoms with Crippen molar-refractivity contribution >= 4 is 34.3 Å². The number of para-hydroxylation sites is 1. The van der Waals surface area contributed by atoms with Gasteiger partial charge in [-0.1, -0.05) is 30.3 Å². The smallest absolute Gasteiger partial charge is 0.226 e. The molecule has 1 amide bonds. The van der Waals surface area contributed by atoms with Crippen molar-refractivity contribution < 1.29 is 4.79 Å². The zero-order valence-corrected chi connectivity index (χ0v) is 13.8. The van der Waals surface area contributed by atoms with Crippen LogP contribution in [0.3, 0.4) is 0 Å². The van der Waals surface area contributed by atoms with Gasteiger partial charge >= 0.3 is 0 Å². The predicted molar refractivity (Wildman–Crippen MR) is 96.6 cm³/mol. The molecule has 23 heavy (non-hydrogen) atoms. The fourth-order valence-corrected chi connectivity index (χ4v) is 3.05. The summed E-state index contributed by atoms with van der Waals surface area (Å²) in [6.45, 7) is 0.573. The summed E-state index contributed by atoms with van der Waals surface area (Å²) in [4.78, 5) is 12.2. The minimum Gasteiger partial charge on any atom is -0.326 e. The first-order chi connectivity index (χ1) is 11.3. The van der Waals surface area contributed by atoms with Crippen LogP contribution in [-0.4, -0.2) is 21.9 Å². The topological polar surface area (TPSA) is 46.9 Å². The van der Waals surface area contributed by atoms with Crippen molar-refractivity contribution in [1.29, 1.82) is 0 Å². The van der Waals surface area contributed by atoms with Gasteiger partial charge in [-0.3, -0.25) is 9.48 Å². The number of aryl methyl sites for hydroxylation is 1. The van der Waals surface area contributed by atoms with Crippen LogP contribution >= 0.6 is 11.8 Å². The second-order valence-electron chi connectivity index (χ2n) is 5.36. The number of carbonyl (C=O) groups is 1. The summed E-state index contributed by atoms with van der Waals surface area (Å²) in [5.41, 5.74) is 3.13. The van der Waals surface area contributed by atoms with E-state index in [1.807, 2.05) is 53.3 Å². The number of carbonyl (C=O) groups excluding carboxylic acids is 1. The lowest BCUT2D eigenvalue weighted by Gasteiger charge is -2.08. The number of anilines is 1. The summed E-state index contributed by atoms with van der Waals surface area (Å²) in [6.07, 6.45) is 4.30. The van der Waals surface area contributed by atoms with E-state index in [9.17, 15) is 4.79 Å². The average Bonchev–Trinajstić information content (AvgIpc) is 2.97. The van der Waals surface area contributed by atoms with Crippen LogP contribution in [0.1, 0.15) is 12.0 Å². The van der Waals surface area contributed by atoms with E-state index in [2.05, 4.69) is 22.7 Å². The van der Waals surface area contributed by atoms with Crippen LogP contribution < -0.4 is 5.32 Å². The lowest BCUT2D eigenvalue weighted by atomic mass is 10.2. The molecule has 1 aromatic heterocycles. The molecule has 0 fully saturated rings. The largest absolute Gasteiger partial charge is 0.326 e. The van der Waals surface area contributed by atoms with E-state index < -0.39 is 0 Å². The number of rotatable bonds is 6. The van der Waals surface area contributed by atoms with Crippen LogP contribution in [0.5, 0.6) is 0 Å². The first-order valence-electron chi connectivity index (χ1n) is 7.54. The Bertz CT molecular complexity index is 813. The third-order valence-electron chi connectivity index (χ3n) is 3.62. The minimum absolute atomic E-state index is 0.00545. The molecule has 1 heterocycles. The van der Waals surface area contributed by atoms with Gasteiger partial charge in [0.15, 0.2) is 0 Å². The third-order valence-corrected chi connectivity index (χ3v) is 4.25. The normalized spacial score (nSPS) is 10.8. The lowest BCUT2D eigenvalue weighted by molar-refractivity contribution is -0.116. The van der Waals surface area contributed by atoms with Crippen LogP contribution in [0.15, 0.2) is 54.7 Å². The van der Waals surface area contributed by atoms with Crippen LogP contribution in [-0.2, 0) is 17.1 Å². The highest BCUT2D eigenvalue weighted by Gasteiger charge is 2.06. The molecule has 2 aromatic carbocycles. The molecule has 0 saturated heterocycles. The second-order valence-corrected chi connectivity index (χ2v) is 6.22. The van der Waals surface area contributed by atoms with Gasteiger partial charge in [-0.2, -0.15) is 16.9 Å². The molecule has 0 bridgehead atoms. The Morgan fingerprint density at radius 1 is 1.22 bits per heavy atom. The van der Waals surface area contributed by atoms with E-state index in [0.717, 1.165) is 22.3 Å². The Labute approximate surface area is 139 Å². The number of fused-ring (bicyclic) bond motifs is 1. The molecule has 0 unspecified atom stereocenters. The van der Waals surface area contributed by atoms with Crippen LogP contribution in [0.2, 0.25) is 0 Å². The summed E-state index contributed by atoms with van der Waals surface area (Å²) < 4.78 is 1.87. The lowest BCUT2D eigenvalue weighted by Crippen LogP contribution is -2.15. The minimum atomic E-state index is 0.00545. The zero-order valence-electron chi connectivity index (χ0n) is 13.0. The van der Waals surface area contributed by atoms with Crippen molar-refractivity contribution in [2.24, 2.45) is 0 Å². The molecular formula is C18H19N3OS. The molecule has 0 radical (unpaired) electrons. The van der Waals surface area contributed by atoms with Gasteiger partial charge in [0.05, 0.1) is 18.3 Å². The molecule has 0 atom stereocenters. The Hall–Kier alpha value is -2.27. The summed E-state index contributed by atoms with van der Waals surface area (Å²) in [6, 6.07) is 16.0. The monoisotopic (exact) mass is 325 g/mol. The number of hydrogen-bond acceptors (Lipinski definition) is 3. The average molecular weight is 325 g/mol. The number of nitrogens with zero attached hydrogens (tertiary/aromatic N) is 2. The van der Waals surface area contributed by atoms with Gasteiger partial charge in [-0.15, -0.1) is 0 Å². The van der Waals surface area contributed by atoms with Gasteiger partial charge in [0.2, 0.25) is 5.91 Å². The Morgan fingerprint density at radius 2 is 2.09 bits per heavy atom. The van der Waals surface area contributed by atoms with Gasteiger partial charge in [0, 0.05) is 23.2 Å². The molecule has 1 N–H and O–H groups in total. The zero-order chi connectivity index (χ0) is 16.1.